The first kappa shape index (κ1) is 24.1. The Balaban J connectivity index is 1.23. The van der Waals surface area contributed by atoms with Gasteiger partial charge in [-0.25, -0.2) is 9.67 Å². The number of para-hydroxylation sites is 1. The van der Waals surface area contributed by atoms with Crippen molar-refractivity contribution in [2.45, 2.75) is 6.36 Å². The number of aromatic nitrogens is 3. The molecule has 0 radical (unpaired) electrons. The maximum Gasteiger partial charge on any atom is 0.573 e. The Bertz CT molecular complexity index is 1500. The summed E-state index contributed by atoms with van der Waals surface area (Å²) in [6.07, 6.45) is -1.64. The summed E-state index contributed by atoms with van der Waals surface area (Å²) in [5.41, 5.74) is 3.74. The van der Waals surface area contributed by atoms with Crippen LogP contribution in [0.1, 0.15) is 0 Å². The molecule has 2 aromatic heterocycles. The SMILES string of the molecule is FC(F)(F)Oc1ccc(-n2cnc(-c3ccc(NC(=S)Nc4ccccc4-c4ccco4)cc3)n2)cc1. The molecule has 0 spiro atoms. The molecule has 37 heavy (non-hydrogen) atoms. The number of rotatable bonds is 6. The Morgan fingerprint density at radius 1 is 0.892 bits per heavy atom. The average Bonchev–Trinajstić information content (AvgIpc) is 3.57. The quantitative estimate of drug-likeness (QED) is 0.235. The van der Waals surface area contributed by atoms with Crippen LogP contribution in [0.25, 0.3) is 28.4 Å². The summed E-state index contributed by atoms with van der Waals surface area (Å²) in [5.74, 6) is 0.875. The zero-order valence-corrected chi connectivity index (χ0v) is 19.8. The third kappa shape index (κ3) is 5.96. The third-order valence-corrected chi connectivity index (χ3v) is 5.39. The molecule has 7 nitrogen and oxygen atoms in total. The van der Waals surface area contributed by atoms with E-state index in [2.05, 4.69) is 25.5 Å². The summed E-state index contributed by atoms with van der Waals surface area (Å²) in [5, 5.41) is 11.2. The molecule has 0 saturated heterocycles. The molecule has 2 N–H and O–H groups in total. The maximum absolute atomic E-state index is 12.4. The molecule has 0 fully saturated rings. The summed E-state index contributed by atoms with van der Waals surface area (Å²) in [4.78, 5) is 4.30. The molecule has 11 heteroatoms. The lowest BCUT2D eigenvalue weighted by Crippen LogP contribution is -2.19. The number of nitrogens with zero attached hydrogens (tertiary/aromatic N) is 3. The van der Waals surface area contributed by atoms with Gasteiger partial charge in [0.25, 0.3) is 0 Å². The van der Waals surface area contributed by atoms with E-state index >= 15 is 0 Å². The van der Waals surface area contributed by atoms with Gasteiger partial charge in [-0.15, -0.1) is 18.3 Å². The number of furan rings is 1. The first-order valence-corrected chi connectivity index (χ1v) is 11.3. The van der Waals surface area contributed by atoms with Crippen LogP contribution in [0.5, 0.6) is 5.75 Å². The highest BCUT2D eigenvalue weighted by Gasteiger charge is 2.31. The zero-order valence-electron chi connectivity index (χ0n) is 18.9. The Labute approximate surface area is 214 Å². The minimum Gasteiger partial charge on any atom is -0.464 e. The molecule has 0 atom stereocenters. The molecule has 2 heterocycles. The van der Waals surface area contributed by atoms with Gasteiger partial charge in [0.15, 0.2) is 10.9 Å². The molecule has 0 aliphatic heterocycles. The molecule has 0 saturated carbocycles. The van der Waals surface area contributed by atoms with Gasteiger partial charge < -0.3 is 19.8 Å². The summed E-state index contributed by atoms with van der Waals surface area (Å²) in [7, 11) is 0. The van der Waals surface area contributed by atoms with Crippen LogP contribution in [-0.4, -0.2) is 26.2 Å². The van der Waals surface area contributed by atoms with Gasteiger partial charge in [0.2, 0.25) is 0 Å². The zero-order chi connectivity index (χ0) is 25.8. The number of hydrogen-bond donors (Lipinski definition) is 2. The number of ether oxygens (including phenoxy) is 1. The van der Waals surface area contributed by atoms with Gasteiger partial charge in [-0.05, 0) is 85.0 Å². The first-order valence-electron chi connectivity index (χ1n) is 10.9. The Hall–Kier alpha value is -4.64. The van der Waals surface area contributed by atoms with E-state index in [1.54, 1.807) is 6.26 Å². The van der Waals surface area contributed by atoms with Crippen molar-refractivity contribution < 1.29 is 22.3 Å². The van der Waals surface area contributed by atoms with Crippen molar-refractivity contribution in [3.05, 3.63) is 97.5 Å². The van der Waals surface area contributed by atoms with Gasteiger partial charge in [-0.1, -0.05) is 12.1 Å². The van der Waals surface area contributed by atoms with E-state index in [-0.39, 0.29) is 5.75 Å². The van der Waals surface area contributed by atoms with Crippen LogP contribution in [0.2, 0.25) is 0 Å². The van der Waals surface area contributed by atoms with Gasteiger partial charge in [0.1, 0.15) is 17.8 Å². The van der Waals surface area contributed by atoms with E-state index in [0.717, 1.165) is 28.3 Å². The standard InChI is InChI=1S/C26H18F3N5O2S/c27-26(28,29)36-20-13-11-19(12-14-20)34-16-30-24(33-34)17-7-9-18(10-8-17)31-25(37)32-22-5-2-1-4-21(22)23-6-3-15-35-23/h1-16H,(H2,31,32,37). The number of hydrogen-bond acceptors (Lipinski definition) is 5. The number of halogens is 3. The fourth-order valence-corrected chi connectivity index (χ4v) is 3.77. The van der Waals surface area contributed by atoms with Gasteiger partial charge >= 0.3 is 6.36 Å². The second-order valence-electron chi connectivity index (χ2n) is 7.73. The number of alkyl halides is 3. The van der Waals surface area contributed by atoms with Gasteiger partial charge in [0, 0.05) is 16.8 Å². The van der Waals surface area contributed by atoms with E-state index in [4.69, 9.17) is 16.6 Å². The van der Waals surface area contributed by atoms with Crippen LogP contribution >= 0.6 is 12.2 Å². The van der Waals surface area contributed by atoms with Crippen molar-refractivity contribution in [2.75, 3.05) is 10.6 Å². The second-order valence-corrected chi connectivity index (χ2v) is 8.14. The Kier molecular flexibility index (Phi) is 6.60. The summed E-state index contributed by atoms with van der Waals surface area (Å²) in [6.45, 7) is 0. The average molecular weight is 522 g/mol. The largest absolute Gasteiger partial charge is 0.573 e. The highest BCUT2D eigenvalue weighted by Crippen LogP contribution is 2.28. The van der Waals surface area contributed by atoms with Crippen LogP contribution in [0.15, 0.2) is 102 Å². The molecular weight excluding hydrogens is 503 g/mol. The van der Waals surface area contributed by atoms with Crippen molar-refractivity contribution in [1.29, 1.82) is 0 Å². The van der Waals surface area contributed by atoms with E-state index in [9.17, 15) is 13.2 Å². The molecule has 186 valence electrons. The van der Waals surface area contributed by atoms with Crippen LogP contribution in [0, 0.1) is 0 Å². The minimum atomic E-state index is -4.74. The van der Waals surface area contributed by atoms with E-state index < -0.39 is 6.36 Å². The summed E-state index contributed by atoms with van der Waals surface area (Å²) >= 11 is 5.48. The number of anilines is 2. The first-order chi connectivity index (χ1) is 17.8. The van der Waals surface area contributed by atoms with Crippen LogP contribution in [0.3, 0.4) is 0 Å². The lowest BCUT2D eigenvalue weighted by atomic mass is 10.1. The Morgan fingerprint density at radius 2 is 1.65 bits per heavy atom. The van der Waals surface area contributed by atoms with E-state index in [1.165, 1.54) is 35.3 Å². The lowest BCUT2D eigenvalue weighted by Gasteiger charge is -2.13. The fourth-order valence-electron chi connectivity index (χ4n) is 3.55. The molecule has 3 aromatic carbocycles. The van der Waals surface area contributed by atoms with E-state index in [0.29, 0.717) is 16.6 Å². The van der Waals surface area contributed by atoms with Crippen molar-refractivity contribution in [3.8, 4) is 34.1 Å². The van der Waals surface area contributed by atoms with Crippen molar-refractivity contribution >= 4 is 28.7 Å². The molecule has 0 unspecified atom stereocenters. The fraction of sp³-hybridized carbons (Fsp3) is 0.0385. The topological polar surface area (TPSA) is 77.1 Å². The lowest BCUT2D eigenvalue weighted by molar-refractivity contribution is -0.274. The van der Waals surface area contributed by atoms with Crippen LogP contribution in [0.4, 0.5) is 24.5 Å². The van der Waals surface area contributed by atoms with Gasteiger partial charge in [-0.2, -0.15) is 0 Å². The predicted molar refractivity (Wildman–Crippen MR) is 137 cm³/mol. The van der Waals surface area contributed by atoms with E-state index in [1.807, 2.05) is 60.7 Å². The van der Waals surface area contributed by atoms with Crippen molar-refractivity contribution in [2.24, 2.45) is 0 Å². The van der Waals surface area contributed by atoms with Crippen LogP contribution < -0.4 is 15.4 Å². The minimum absolute atomic E-state index is 0.309. The highest BCUT2D eigenvalue weighted by molar-refractivity contribution is 7.80. The predicted octanol–water partition coefficient (Wildman–Crippen LogP) is 6.90. The smallest absolute Gasteiger partial charge is 0.464 e. The highest BCUT2D eigenvalue weighted by atomic mass is 32.1. The van der Waals surface area contributed by atoms with Crippen LogP contribution in [-0.2, 0) is 0 Å². The summed E-state index contributed by atoms with van der Waals surface area (Å²) < 4.78 is 47.9. The van der Waals surface area contributed by atoms with Crippen molar-refractivity contribution in [3.63, 3.8) is 0 Å². The number of thiocarbonyl (C=S) groups is 1. The molecule has 0 bridgehead atoms. The molecule has 0 aliphatic carbocycles. The van der Waals surface area contributed by atoms with Gasteiger partial charge in [0.05, 0.1) is 17.6 Å². The normalized spacial score (nSPS) is 11.2. The molecular formula is C26H18F3N5O2S. The second kappa shape index (κ2) is 10.2. The molecule has 0 aliphatic rings. The number of benzene rings is 3. The molecule has 5 aromatic rings. The number of nitrogens with one attached hydrogen (secondary N) is 2. The third-order valence-electron chi connectivity index (χ3n) is 5.19. The maximum atomic E-state index is 12.4. The van der Waals surface area contributed by atoms with Crippen molar-refractivity contribution in [1.82, 2.24) is 14.8 Å². The van der Waals surface area contributed by atoms with Gasteiger partial charge in [-0.3, -0.25) is 0 Å². The molecule has 0 amide bonds. The monoisotopic (exact) mass is 521 g/mol. The molecule has 5 rings (SSSR count). The Morgan fingerprint density at radius 3 is 2.35 bits per heavy atom. The summed E-state index contributed by atoms with van der Waals surface area (Å²) in [6, 6.07) is 24.1.